The fourth-order valence-electron chi connectivity index (χ4n) is 0.726. The fourth-order valence-corrected chi connectivity index (χ4v) is 0.726. The van der Waals surface area contributed by atoms with Crippen molar-refractivity contribution in [2.75, 3.05) is 0 Å². The Labute approximate surface area is 82.2 Å². The van der Waals surface area contributed by atoms with Gasteiger partial charge in [-0.25, -0.2) is 0 Å². The average Bonchev–Trinajstić information content (AvgIpc) is 1.98. The summed E-state index contributed by atoms with van der Waals surface area (Å²) < 4.78 is 0. The fraction of sp³-hybridized carbons (Fsp3) is 0.750. The number of allylic oxidation sites excluding steroid dienone is 2. The lowest BCUT2D eigenvalue weighted by Gasteiger charge is -2.19. The molecule has 0 aromatic rings. The molecule has 0 aromatic carbocycles. The van der Waals surface area contributed by atoms with E-state index in [-0.39, 0.29) is 16.6 Å². The first-order valence-electron chi connectivity index (χ1n) is 4.93. The summed E-state index contributed by atoms with van der Waals surface area (Å²) in [4.78, 5) is 11.7. The van der Waals surface area contributed by atoms with Gasteiger partial charge in [0.05, 0.1) is 0 Å². The van der Waals surface area contributed by atoms with Crippen molar-refractivity contribution in [3.8, 4) is 0 Å². The lowest BCUT2D eigenvalue weighted by atomic mass is 9.84. The van der Waals surface area contributed by atoms with E-state index >= 15 is 0 Å². The van der Waals surface area contributed by atoms with Gasteiger partial charge in [-0.05, 0) is 17.9 Å². The van der Waals surface area contributed by atoms with Crippen LogP contribution in [0.4, 0.5) is 0 Å². The minimum Gasteiger partial charge on any atom is -0.294 e. The van der Waals surface area contributed by atoms with Crippen LogP contribution in [-0.2, 0) is 4.79 Å². The Kier molecular flexibility index (Phi) is 3.89. The zero-order chi connectivity index (χ0) is 10.7. The van der Waals surface area contributed by atoms with Crippen LogP contribution in [0.3, 0.4) is 0 Å². The third-order valence-electron chi connectivity index (χ3n) is 2.29. The molecule has 1 heteroatoms. The molecule has 0 N–H and O–H groups in total. The van der Waals surface area contributed by atoms with Crippen LogP contribution >= 0.6 is 0 Å². The number of hydrogen-bond donors (Lipinski definition) is 0. The third kappa shape index (κ3) is 4.87. The molecular formula is C12H22O. The summed E-state index contributed by atoms with van der Waals surface area (Å²) in [5.74, 6) is 0.227. The summed E-state index contributed by atoms with van der Waals surface area (Å²) in [5.41, 5.74) is -0.110. The minimum absolute atomic E-state index is 0.0967. The highest BCUT2D eigenvalue weighted by Crippen LogP contribution is 2.23. The summed E-state index contributed by atoms with van der Waals surface area (Å²) in [6.07, 6.45) is 4.59. The highest BCUT2D eigenvalue weighted by molar-refractivity contribution is 5.94. The Morgan fingerprint density at radius 3 is 1.92 bits per heavy atom. The zero-order valence-corrected chi connectivity index (χ0v) is 9.77. The van der Waals surface area contributed by atoms with E-state index in [0.717, 1.165) is 6.42 Å². The number of carbonyl (C=O) groups is 1. The van der Waals surface area contributed by atoms with E-state index < -0.39 is 0 Å². The Bertz CT molecular complexity index is 204. The van der Waals surface area contributed by atoms with Crippen LogP contribution in [0.1, 0.15) is 48.0 Å². The predicted molar refractivity (Wildman–Crippen MR) is 57.7 cm³/mol. The van der Waals surface area contributed by atoms with Crippen molar-refractivity contribution in [2.45, 2.75) is 48.0 Å². The molecule has 0 atom stereocenters. The molecular weight excluding hydrogens is 160 g/mol. The largest absolute Gasteiger partial charge is 0.294 e. The lowest BCUT2D eigenvalue weighted by Crippen LogP contribution is -2.21. The topological polar surface area (TPSA) is 17.1 Å². The van der Waals surface area contributed by atoms with E-state index in [2.05, 4.69) is 20.8 Å². The van der Waals surface area contributed by atoms with Crippen LogP contribution in [0.5, 0.6) is 0 Å². The van der Waals surface area contributed by atoms with E-state index in [0.29, 0.717) is 0 Å². The highest BCUT2D eigenvalue weighted by Gasteiger charge is 2.22. The van der Waals surface area contributed by atoms with Crippen molar-refractivity contribution in [1.82, 2.24) is 0 Å². The van der Waals surface area contributed by atoms with Crippen LogP contribution < -0.4 is 0 Å². The van der Waals surface area contributed by atoms with Gasteiger partial charge in [-0.2, -0.15) is 0 Å². The van der Waals surface area contributed by atoms with Crippen LogP contribution in [-0.4, -0.2) is 5.78 Å². The second kappa shape index (κ2) is 4.08. The first-order valence-corrected chi connectivity index (χ1v) is 4.93. The molecule has 0 fully saturated rings. The van der Waals surface area contributed by atoms with E-state index in [9.17, 15) is 4.79 Å². The normalized spacial score (nSPS) is 13.7. The van der Waals surface area contributed by atoms with Gasteiger partial charge in [0.1, 0.15) is 0 Å². The summed E-state index contributed by atoms with van der Waals surface area (Å²) in [6, 6.07) is 0. The van der Waals surface area contributed by atoms with Crippen molar-refractivity contribution >= 4 is 5.78 Å². The van der Waals surface area contributed by atoms with E-state index in [1.807, 2.05) is 26.8 Å². The molecule has 0 aliphatic rings. The molecule has 0 aliphatic carbocycles. The molecule has 0 heterocycles. The van der Waals surface area contributed by atoms with Crippen molar-refractivity contribution < 1.29 is 4.79 Å². The Hall–Kier alpha value is -0.590. The molecule has 0 aliphatic heterocycles. The first kappa shape index (κ1) is 12.4. The molecule has 0 unspecified atom stereocenters. The van der Waals surface area contributed by atoms with Gasteiger partial charge in [0, 0.05) is 5.41 Å². The van der Waals surface area contributed by atoms with Crippen LogP contribution in [0.2, 0.25) is 0 Å². The van der Waals surface area contributed by atoms with Gasteiger partial charge in [-0.15, -0.1) is 0 Å². The maximum Gasteiger partial charge on any atom is 0.160 e. The van der Waals surface area contributed by atoms with E-state index in [1.54, 1.807) is 6.08 Å². The first-order chi connectivity index (χ1) is 5.69. The molecule has 76 valence electrons. The summed E-state index contributed by atoms with van der Waals surface area (Å²) in [5, 5.41) is 0. The van der Waals surface area contributed by atoms with Gasteiger partial charge in [0.15, 0.2) is 5.78 Å². The van der Waals surface area contributed by atoms with Crippen molar-refractivity contribution in [3.63, 3.8) is 0 Å². The van der Waals surface area contributed by atoms with Gasteiger partial charge < -0.3 is 0 Å². The molecule has 1 nitrogen and oxygen atoms in total. The molecule has 0 spiro atoms. The lowest BCUT2D eigenvalue weighted by molar-refractivity contribution is -0.122. The summed E-state index contributed by atoms with van der Waals surface area (Å²) >= 11 is 0. The van der Waals surface area contributed by atoms with Gasteiger partial charge in [-0.1, -0.05) is 47.6 Å². The maximum absolute atomic E-state index is 11.7. The molecule has 0 bridgehead atoms. The Balaban J connectivity index is 4.41. The number of rotatable bonds is 3. The number of ketones is 1. The van der Waals surface area contributed by atoms with E-state index in [1.165, 1.54) is 0 Å². The zero-order valence-electron chi connectivity index (χ0n) is 9.77. The van der Waals surface area contributed by atoms with Crippen molar-refractivity contribution in [1.29, 1.82) is 0 Å². The second-order valence-electron chi connectivity index (χ2n) is 5.30. The van der Waals surface area contributed by atoms with Gasteiger partial charge in [0.2, 0.25) is 0 Å². The Morgan fingerprint density at radius 2 is 1.62 bits per heavy atom. The quantitative estimate of drug-likeness (QED) is 0.609. The molecule has 0 saturated heterocycles. The van der Waals surface area contributed by atoms with Gasteiger partial charge in [0.25, 0.3) is 0 Å². The minimum atomic E-state index is -0.207. The van der Waals surface area contributed by atoms with Crippen LogP contribution in [0.25, 0.3) is 0 Å². The van der Waals surface area contributed by atoms with E-state index in [4.69, 9.17) is 0 Å². The predicted octanol–water partition coefficient (Wildman–Crippen LogP) is 3.59. The molecule has 0 saturated carbocycles. The van der Waals surface area contributed by atoms with Crippen molar-refractivity contribution in [3.05, 3.63) is 12.2 Å². The SMILES string of the molecule is CCC(C)(C)C(=O)C=CC(C)(C)C. The number of hydrogen-bond acceptors (Lipinski definition) is 1. The monoisotopic (exact) mass is 182 g/mol. The molecule has 0 amide bonds. The van der Waals surface area contributed by atoms with Crippen molar-refractivity contribution in [2.24, 2.45) is 10.8 Å². The Morgan fingerprint density at radius 1 is 1.15 bits per heavy atom. The molecule has 0 rings (SSSR count). The molecule has 0 radical (unpaired) electrons. The second-order valence-corrected chi connectivity index (χ2v) is 5.30. The maximum atomic E-state index is 11.7. The summed E-state index contributed by atoms with van der Waals surface area (Å²) in [6.45, 7) is 12.3. The molecule has 13 heavy (non-hydrogen) atoms. The van der Waals surface area contributed by atoms with Crippen LogP contribution in [0, 0.1) is 10.8 Å². The molecule has 0 aromatic heterocycles. The third-order valence-corrected chi connectivity index (χ3v) is 2.29. The smallest absolute Gasteiger partial charge is 0.160 e. The average molecular weight is 182 g/mol. The highest BCUT2D eigenvalue weighted by atomic mass is 16.1. The standard InChI is InChI=1S/C12H22O/c1-7-12(5,6)10(13)8-9-11(2,3)4/h8-9H,7H2,1-6H3. The van der Waals surface area contributed by atoms with Crippen LogP contribution in [0.15, 0.2) is 12.2 Å². The summed E-state index contributed by atoms with van der Waals surface area (Å²) in [7, 11) is 0. The van der Waals surface area contributed by atoms with Gasteiger partial charge >= 0.3 is 0 Å². The number of carbonyl (C=O) groups excluding carboxylic acids is 1. The van der Waals surface area contributed by atoms with Gasteiger partial charge in [-0.3, -0.25) is 4.79 Å².